The molecule has 0 bridgehead atoms. The van der Waals surface area contributed by atoms with Crippen LogP contribution in [0.1, 0.15) is 5.56 Å². The smallest absolute Gasteiger partial charge is 0.193 e. The lowest BCUT2D eigenvalue weighted by molar-refractivity contribution is 0.261. The number of ether oxygens (including phenoxy) is 3. The van der Waals surface area contributed by atoms with E-state index in [2.05, 4.69) is 15.2 Å². The summed E-state index contributed by atoms with van der Waals surface area (Å²) in [6.45, 7) is 1.96. The molecule has 0 amide bonds. The summed E-state index contributed by atoms with van der Waals surface area (Å²) in [7, 11) is 7.22. The molecule has 0 aliphatic heterocycles. The van der Waals surface area contributed by atoms with E-state index >= 15 is 0 Å². The Morgan fingerprint density at radius 1 is 1.07 bits per heavy atom. The minimum atomic E-state index is 0.321. The maximum Gasteiger partial charge on any atom is 0.193 e. The fourth-order valence-electron chi connectivity index (χ4n) is 2.36. The van der Waals surface area contributed by atoms with Crippen molar-refractivity contribution in [2.75, 3.05) is 46.8 Å². The molecule has 0 aliphatic rings. The Hall–Kier alpha value is -2.93. The molecule has 0 heterocycles. The van der Waals surface area contributed by atoms with Gasteiger partial charge in [-0.05, 0) is 43.9 Å². The first-order valence-corrected chi connectivity index (χ1v) is 8.67. The molecule has 0 saturated heterocycles. The van der Waals surface area contributed by atoms with Crippen molar-refractivity contribution in [3.05, 3.63) is 48.0 Å². The van der Waals surface area contributed by atoms with Gasteiger partial charge in [0.1, 0.15) is 12.4 Å². The molecule has 7 nitrogen and oxygen atoms in total. The third-order valence-electron chi connectivity index (χ3n) is 3.79. The summed E-state index contributed by atoms with van der Waals surface area (Å²) in [4.78, 5) is 6.46. The Balaban J connectivity index is 1.95. The monoisotopic (exact) mass is 372 g/mol. The first-order valence-electron chi connectivity index (χ1n) is 8.67. The van der Waals surface area contributed by atoms with Gasteiger partial charge in [0.15, 0.2) is 17.5 Å². The minimum Gasteiger partial charge on any atom is -0.493 e. The fraction of sp³-hybridized carbons (Fsp3) is 0.350. The van der Waals surface area contributed by atoms with E-state index in [1.165, 1.54) is 0 Å². The Morgan fingerprint density at radius 2 is 1.85 bits per heavy atom. The van der Waals surface area contributed by atoms with Crippen molar-refractivity contribution in [1.29, 1.82) is 0 Å². The van der Waals surface area contributed by atoms with Crippen LogP contribution in [-0.2, 0) is 6.54 Å². The van der Waals surface area contributed by atoms with Gasteiger partial charge in [0.2, 0.25) is 0 Å². The lowest BCUT2D eigenvalue weighted by Crippen LogP contribution is -2.22. The van der Waals surface area contributed by atoms with Crippen molar-refractivity contribution in [2.24, 2.45) is 10.7 Å². The van der Waals surface area contributed by atoms with Crippen LogP contribution < -0.4 is 25.3 Å². The van der Waals surface area contributed by atoms with Crippen LogP contribution in [0.2, 0.25) is 0 Å². The second-order valence-electron chi connectivity index (χ2n) is 6.20. The predicted octanol–water partition coefficient (Wildman–Crippen LogP) is 2.57. The molecule has 0 unspecified atom stereocenters. The third-order valence-corrected chi connectivity index (χ3v) is 3.79. The largest absolute Gasteiger partial charge is 0.493 e. The second-order valence-corrected chi connectivity index (χ2v) is 6.20. The number of methoxy groups -OCH3 is 2. The zero-order valence-corrected chi connectivity index (χ0v) is 16.4. The van der Waals surface area contributed by atoms with Crippen LogP contribution in [0.3, 0.4) is 0 Å². The minimum absolute atomic E-state index is 0.321. The van der Waals surface area contributed by atoms with Gasteiger partial charge in [0.25, 0.3) is 0 Å². The Morgan fingerprint density at radius 3 is 2.56 bits per heavy atom. The number of guanidine groups is 1. The molecule has 146 valence electrons. The highest BCUT2D eigenvalue weighted by Crippen LogP contribution is 2.29. The number of rotatable bonds is 9. The first kappa shape index (κ1) is 20.4. The molecule has 2 aromatic rings. The van der Waals surface area contributed by atoms with Crippen LogP contribution in [0.15, 0.2) is 47.5 Å². The van der Waals surface area contributed by atoms with Crippen LogP contribution in [0.25, 0.3) is 0 Å². The summed E-state index contributed by atoms with van der Waals surface area (Å²) in [5, 5.41) is 3.05. The number of nitrogens with one attached hydrogen (secondary N) is 1. The van der Waals surface area contributed by atoms with Gasteiger partial charge in [0, 0.05) is 18.3 Å². The molecular formula is C20H28N4O3. The summed E-state index contributed by atoms with van der Waals surface area (Å²) in [5.41, 5.74) is 7.79. The first-order chi connectivity index (χ1) is 13.0. The summed E-state index contributed by atoms with van der Waals surface area (Å²) in [6.07, 6.45) is 0. The van der Waals surface area contributed by atoms with E-state index < -0.39 is 0 Å². The Labute approximate surface area is 160 Å². The molecule has 0 aromatic heterocycles. The van der Waals surface area contributed by atoms with Gasteiger partial charge < -0.3 is 30.2 Å². The van der Waals surface area contributed by atoms with Crippen molar-refractivity contribution in [3.63, 3.8) is 0 Å². The third kappa shape index (κ3) is 6.71. The molecule has 0 radical (unpaired) electrons. The molecule has 2 rings (SSSR count). The van der Waals surface area contributed by atoms with Gasteiger partial charge in [-0.15, -0.1) is 0 Å². The average Bonchev–Trinajstić information content (AvgIpc) is 2.66. The zero-order valence-electron chi connectivity index (χ0n) is 16.4. The van der Waals surface area contributed by atoms with Gasteiger partial charge in [-0.1, -0.05) is 12.1 Å². The number of nitrogens with two attached hydrogens (primary N) is 1. The van der Waals surface area contributed by atoms with Crippen molar-refractivity contribution in [3.8, 4) is 17.2 Å². The van der Waals surface area contributed by atoms with E-state index in [1.807, 2.05) is 50.5 Å². The van der Waals surface area contributed by atoms with Crippen LogP contribution in [0.5, 0.6) is 17.2 Å². The highest BCUT2D eigenvalue weighted by Gasteiger charge is 2.05. The van der Waals surface area contributed by atoms with Crippen molar-refractivity contribution in [1.82, 2.24) is 4.90 Å². The molecule has 0 spiro atoms. The number of nitrogens with zero attached hydrogens (tertiary/aromatic N) is 2. The average molecular weight is 372 g/mol. The molecule has 2 aromatic carbocycles. The van der Waals surface area contributed by atoms with E-state index in [4.69, 9.17) is 19.9 Å². The summed E-state index contributed by atoms with van der Waals surface area (Å²) >= 11 is 0. The highest BCUT2D eigenvalue weighted by atomic mass is 16.5. The molecule has 0 atom stereocenters. The van der Waals surface area contributed by atoms with Crippen LogP contribution >= 0.6 is 0 Å². The normalized spacial score (nSPS) is 11.4. The standard InChI is InChI=1S/C20H28N4O3/c1-24(2)10-11-27-17-7-5-6-15(12-17)14-22-20(21)23-16-8-9-18(25-3)19(13-16)26-4/h5-9,12-13H,10-11,14H2,1-4H3,(H3,21,22,23). The second kappa shape index (κ2) is 10.3. The van der Waals surface area contributed by atoms with Gasteiger partial charge in [-0.25, -0.2) is 4.99 Å². The molecule has 0 fully saturated rings. The van der Waals surface area contributed by atoms with Gasteiger partial charge in [0.05, 0.1) is 20.8 Å². The van der Waals surface area contributed by atoms with E-state index in [9.17, 15) is 0 Å². The fourth-order valence-corrected chi connectivity index (χ4v) is 2.36. The topological polar surface area (TPSA) is 81.3 Å². The number of hydrogen-bond acceptors (Lipinski definition) is 5. The van der Waals surface area contributed by atoms with Crippen LogP contribution in [0, 0.1) is 0 Å². The van der Waals surface area contributed by atoms with Gasteiger partial charge in [-0.2, -0.15) is 0 Å². The van der Waals surface area contributed by atoms with E-state index in [-0.39, 0.29) is 0 Å². The SMILES string of the molecule is COc1ccc(NC(N)=NCc2cccc(OCCN(C)C)c2)cc1OC. The number of aliphatic imine (C=N–C) groups is 1. The zero-order chi connectivity index (χ0) is 19.6. The van der Waals surface area contributed by atoms with E-state index in [1.54, 1.807) is 20.3 Å². The molecule has 27 heavy (non-hydrogen) atoms. The molecule has 3 N–H and O–H groups in total. The van der Waals surface area contributed by atoms with E-state index in [0.717, 1.165) is 23.5 Å². The van der Waals surface area contributed by atoms with Crippen molar-refractivity contribution >= 4 is 11.6 Å². The quantitative estimate of drug-likeness (QED) is 0.520. The Kier molecular flexibility index (Phi) is 7.76. The van der Waals surface area contributed by atoms with E-state index in [0.29, 0.717) is 30.6 Å². The molecule has 7 heteroatoms. The number of anilines is 1. The maximum atomic E-state index is 6.00. The highest BCUT2D eigenvalue weighted by molar-refractivity contribution is 5.92. The van der Waals surface area contributed by atoms with Crippen molar-refractivity contribution < 1.29 is 14.2 Å². The summed E-state index contributed by atoms with van der Waals surface area (Å²) in [5.74, 6) is 2.43. The molecule has 0 aliphatic carbocycles. The van der Waals surface area contributed by atoms with Gasteiger partial charge >= 0.3 is 0 Å². The number of hydrogen-bond donors (Lipinski definition) is 2. The van der Waals surface area contributed by atoms with Gasteiger partial charge in [-0.3, -0.25) is 0 Å². The number of likely N-dealkylation sites (N-methyl/N-ethyl adjacent to an activating group) is 1. The summed E-state index contributed by atoms with van der Waals surface area (Å²) < 4.78 is 16.3. The van der Waals surface area contributed by atoms with Crippen LogP contribution in [-0.4, -0.2) is 52.3 Å². The molecular weight excluding hydrogens is 344 g/mol. The number of benzene rings is 2. The van der Waals surface area contributed by atoms with Crippen molar-refractivity contribution in [2.45, 2.75) is 6.54 Å². The predicted molar refractivity (Wildman–Crippen MR) is 109 cm³/mol. The summed E-state index contributed by atoms with van der Waals surface area (Å²) in [6, 6.07) is 13.3. The lowest BCUT2D eigenvalue weighted by atomic mass is 10.2. The lowest BCUT2D eigenvalue weighted by Gasteiger charge is -2.12. The van der Waals surface area contributed by atoms with Crippen LogP contribution in [0.4, 0.5) is 5.69 Å². The molecule has 0 saturated carbocycles. The Bertz CT molecular complexity index is 763. The maximum absolute atomic E-state index is 6.00.